The van der Waals surface area contributed by atoms with Gasteiger partial charge in [0.05, 0.1) is 13.0 Å². The zero-order chi connectivity index (χ0) is 12.8. The molecule has 0 fully saturated rings. The lowest BCUT2D eigenvalue weighted by Gasteiger charge is -2.07. The molecule has 1 amide bonds. The Morgan fingerprint density at radius 3 is 2.41 bits per heavy atom. The summed E-state index contributed by atoms with van der Waals surface area (Å²) in [4.78, 5) is 21.7. The van der Waals surface area contributed by atoms with Crippen molar-refractivity contribution < 1.29 is 19.8 Å². The minimum Gasteiger partial charge on any atom is -0.479 e. The molecule has 6 heteroatoms. The maximum atomic E-state index is 11.4. The van der Waals surface area contributed by atoms with E-state index in [1.54, 1.807) is 12.1 Å². The molecule has 1 atom stereocenters. The van der Waals surface area contributed by atoms with E-state index < -0.39 is 12.1 Å². The van der Waals surface area contributed by atoms with Crippen LogP contribution in [-0.2, 0) is 16.0 Å². The molecule has 0 radical (unpaired) electrons. The molecule has 0 aliphatic rings. The van der Waals surface area contributed by atoms with Gasteiger partial charge in [-0.25, -0.2) is 4.79 Å². The summed E-state index contributed by atoms with van der Waals surface area (Å²) in [5.74, 6) is -1.68. The predicted octanol–water partition coefficient (Wildman–Crippen LogP) is 0.553. The van der Waals surface area contributed by atoms with Crippen molar-refractivity contribution in [1.82, 2.24) is 5.32 Å². The van der Waals surface area contributed by atoms with Crippen molar-refractivity contribution in [2.75, 3.05) is 6.54 Å². The average molecular weight is 302 g/mol. The molecule has 92 valence electrons. The molecule has 0 heterocycles. The Labute approximate surface area is 107 Å². The molecule has 1 rings (SSSR count). The van der Waals surface area contributed by atoms with Crippen LogP contribution in [0.2, 0.25) is 0 Å². The molecular weight excluding hydrogens is 290 g/mol. The quantitative estimate of drug-likeness (QED) is 0.741. The summed E-state index contributed by atoms with van der Waals surface area (Å²) in [6, 6.07) is 7.21. The number of carbonyl (C=O) groups excluding carboxylic acids is 1. The van der Waals surface area contributed by atoms with E-state index >= 15 is 0 Å². The van der Waals surface area contributed by atoms with E-state index in [0.717, 1.165) is 10.0 Å². The van der Waals surface area contributed by atoms with Crippen LogP contribution in [0.5, 0.6) is 0 Å². The standard InChI is InChI=1S/C11H12BrNO4/c12-8-3-1-7(2-4-8)5-10(15)13-6-9(14)11(16)17/h1-4,9,14H,5-6H2,(H,13,15)(H,16,17)/t9-/m0/s1. The van der Waals surface area contributed by atoms with Crippen LogP contribution in [-0.4, -0.2) is 34.7 Å². The molecule has 1 aromatic carbocycles. The fourth-order valence-corrected chi connectivity index (χ4v) is 1.41. The highest BCUT2D eigenvalue weighted by Gasteiger charge is 2.14. The van der Waals surface area contributed by atoms with E-state index in [2.05, 4.69) is 21.2 Å². The summed E-state index contributed by atoms with van der Waals surface area (Å²) in [6.45, 7) is -0.287. The fraction of sp³-hybridized carbons (Fsp3) is 0.273. The number of carboxylic acids is 1. The van der Waals surface area contributed by atoms with Crippen molar-refractivity contribution in [3.63, 3.8) is 0 Å². The van der Waals surface area contributed by atoms with Gasteiger partial charge in [0.25, 0.3) is 0 Å². The second kappa shape index (κ2) is 6.36. The Balaban J connectivity index is 2.39. The lowest BCUT2D eigenvalue weighted by molar-refractivity contribution is -0.146. The van der Waals surface area contributed by atoms with Crippen molar-refractivity contribution in [2.24, 2.45) is 0 Å². The largest absolute Gasteiger partial charge is 0.479 e. The summed E-state index contributed by atoms with van der Waals surface area (Å²) in [7, 11) is 0. The topological polar surface area (TPSA) is 86.6 Å². The number of hydrogen-bond acceptors (Lipinski definition) is 3. The van der Waals surface area contributed by atoms with Gasteiger partial charge < -0.3 is 15.5 Å². The van der Waals surface area contributed by atoms with Gasteiger partial charge in [-0.15, -0.1) is 0 Å². The zero-order valence-corrected chi connectivity index (χ0v) is 10.5. The van der Waals surface area contributed by atoms with Crippen LogP contribution in [0.15, 0.2) is 28.7 Å². The number of carboxylic acid groups (broad SMARTS) is 1. The zero-order valence-electron chi connectivity index (χ0n) is 8.89. The van der Waals surface area contributed by atoms with Gasteiger partial charge in [-0.2, -0.15) is 0 Å². The third-order valence-corrected chi connectivity index (χ3v) is 2.58. The molecule has 17 heavy (non-hydrogen) atoms. The molecule has 0 spiro atoms. The Kier molecular flexibility index (Phi) is 5.11. The lowest BCUT2D eigenvalue weighted by Crippen LogP contribution is -2.37. The summed E-state index contributed by atoms with van der Waals surface area (Å²) in [5.41, 5.74) is 0.815. The van der Waals surface area contributed by atoms with Crippen molar-refractivity contribution >= 4 is 27.8 Å². The van der Waals surface area contributed by atoms with Crippen LogP contribution < -0.4 is 5.32 Å². The lowest BCUT2D eigenvalue weighted by atomic mass is 10.1. The predicted molar refractivity (Wildman–Crippen MR) is 64.5 cm³/mol. The highest BCUT2D eigenvalue weighted by atomic mass is 79.9. The van der Waals surface area contributed by atoms with E-state index in [9.17, 15) is 9.59 Å². The van der Waals surface area contributed by atoms with Crippen molar-refractivity contribution in [1.29, 1.82) is 0 Å². The number of rotatable bonds is 5. The molecule has 0 unspecified atom stereocenters. The summed E-state index contributed by atoms with van der Waals surface area (Å²) in [6.07, 6.45) is -1.41. The molecule has 0 saturated carbocycles. The van der Waals surface area contributed by atoms with Crippen LogP contribution in [0.25, 0.3) is 0 Å². The van der Waals surface area contributed by atoms with Gasteiger partial charge >= 0.3 is 5.97 Å². The smallest absolute Gasteiger partial charge is 0.334 e. The number of halogens is 1. The van der Waals surface area contributed by atoms with Gasteiger partial charge in [0, 0.05) is 4.47 Å². The second-order valence-corrected chi connectivity index (χ2v) is 4.38. The van der Waals surface area contributed by atoms with Gasteiger partial charge in [0.1, 0.15) is 0 Å². The molecule has 3 N–H and O–H groups in total. The van der Waals surface area contributed by atoms with Crippen LogP contribution in [0.1, 0.15) is 5.56 Å². The van der Waals surface area contributed by atoms with Crippen LogP contribution in [0.3, 0.4) is 0 Å². The van der Waals surface area contributed by atoms with E-state index in [1.165, 1.54) is 0 Å². The Bertz CT molecular complexity index is 404. The van der Waals surface area contributed by atoms with Crippen molar-refractivity contribution in [3.8, 4) is 0 Å². The summed E-state index contributed by atoms with van der Waals surface area (Å²) < 4.78 is 0.919. The number of benzene rings is 1. The maximum Gasteiger partial charge on any atom is 0.334 e. The van der Waals surface area contributed by atoms with Gasteiger partial charge in [-0.1, -0.05) is 28.1 Å². The SMILES string of the molecule is O=C(Cc1ccc(Br)cc1)NC[C@H](O)C(=O)O. The van der Waals surface area contributed by atoms with Crippen molar-refractivity contribution in [3.05, 3.63) is 34.3 Å². The maximum absolute atomic E-state index is 11.4. The van der Waals surface area contributed by atoms with E-state index in [4.69, 9.17) is 10.2 Å². The number of amides is 1. The number of carbonyl (C=O) groups is 2. The molecule has 5 nitrogen and oxygen atoms in total. The highest BCUT2D eigenvalue weighted by molar-refractivity contribution is 9.10. The van der Waals surface area contributed by atoms with E-state index in [1.807, 2.05) is 12.1 Å². The van der Waals surface area contributed by atoms with E-state index in [-0.39, 0.29) is 18.9 Å². The molecule has 0 aromatic heterocycles. The Morgan fingerprint density at radius 2 is 1.88 bits per heavy atom. The van der Waals surface area contributed by atoms with Crippen LogP contribution in [0.4, 0.5) is 0 Å². The Hall–Kier alpha value is -1.40. The minimum absolute atomic E-state index is 0.152. The first-order chi connectivity index (χ1) is 7.99. The minimum atomic E-state index is -1.57. The normalized spacial score (nSPS) is 11.9. The first-order valence-electron chi connectivity index (χ1n) is 4.91. The van der Waals surface area contributed by atoms with Gasteiger partial charge in [-0.3, -0.25) is 4.79 Å². The molecule has 0 saturated heterocycles. The van der Waals surface area contributed by atoms with Crippen LogP contribution in [0, 0.1) is 0 Å². The first kappa shape index (κ1) is 13.7. The number of hydrogen-bond donors (Lipinski definition) is 3. The number of aliphatic carboxylic acids is 1. The third kappa shape index (κ3) is 4.97. The fourth-order valence-electron chi connectivity index (χ4n) is 1.15. The number of nitrogens with one attached hydrogen (secondary N) is 1. The second-order valence-electron chi connectivity index (χ2n) is 3.46. The molecular formula is C11H12BrNO4. The van der Waals surface area contributed by atoms with Gasteiger partial charge in [0.15, 0.2) is 6.10 Å². The molecule has 0 aliphatic heterocycles. The number of aliphatic hydroxyl groups excluding tert-OH is 1. The van der Waals surface area contributed by atoms with Crippen molar-refractivity contribution in [2.45, 2.75) is 12.5 Å². The number of aliphatic hydroxyl groups is 1. The third-order valence-electron chi connectivity index (χ3n) is 2.06. The first-order valence-corrected chi connectivity index (χ1v) is 5.70. The Morgan fingerprint density at radius 1 is 1.29 bits per heavy atom. The average Bonchev–Trinajstić information content (AvgIpc) is 2.29. The summed E-state index contributed by atoms with van der Waals surface area (Å²) in [5, 5.41) is 19.7. The highest BCUT2D eigenvalue weighted by Crippen LogP contribution is 2.10. The molecule has 0 aliphatic carbocycles. The van der Waals surface area contributed by atoms with Gasteiger partial charge in [0.2, 0.25) is 5.91 Å². The molecule has 0 bridgehead atoms. The summed E-state index contributed by atoms with van der Waals surface area (Å²) >= 11 is 3.28. The van der Waals surface area contributed by atoms with E-state index in [0.29, 0.717) is 0 Å². The molecule has 1 aromatic rings. The van der Waals surface area contributed by atoms with Crippen LogP contribution >= 0.6 is 15.9 Å². The van der Waals surface area contributed by atoms with Gasteiger partial charge in [-0.05, 0) is 17.7 Å². The monoisotopic (exact) mass is 301 g/mol.